The van der Waals surface area contributed by atoms with Crippen molar-refractivity contribution in [1.82, 2.24) is 5.32 Å². The predicted octanol–water partition coefficient (Wildman–Crippen LogP) is 0.923. The number of hydrogen-bond acceptors (Lipinski definition) is 2. The average molecular weight is 143 g/mol. The van der Waals surface area contributed by atoms with Crippen molar-refractivity contribution >= 4 is 0 Å². The molecule has 2 nitrogen and oxygen atoms in total. The summed E-state index contributed by atoms with van der Waals surface area (Å²) in [6, 6.07) is 0. The van der Waals surface area contributed by atoms with Gasteiger partial charge in [0, 0.05) is 12.1 Å². The topological polar surface area (TPSA) is 32.3 Å². The second-order valence-corrected chi connectivity index (χ2v) is 3.35. The highest BCUT2D eigenvalue weighted by Crippen LogP contribution is 1.99. The van der Waals surface area contributed by atoms with Gasteiger partial charge in [0.25, 0.3) is 0 Å². The first-order valence-electron chi connectivity index (χ1n) is 3.48. The molecule has 0 heterocycles. The number of nitrogens with one attached hydrogen (secondary N) is 1. The lowest BCUT2D eigenvalue weighted by Crippen LogP contribution is -2.43. The lowest BCUT2D eigenvalue weighted by molar-refractivity contribution is 0.192. The average Bonchev–Trinajstić information content (AvgIpc) is 1.85. The summed E-state index contributed by atoms with van der Waals surface area (Å²) in [5.41, 5.74) is 0.903. The summed E-state index contributed by atoms with van der Waals surface area (Å²) >= 11 is 0. The van der Waals surface area contributed by atoms with E-state index in [1.165, 1.54) is 0 Å². The van der Waals surface area contributed by atoms with Crippen LogP contribution in [0, 0.1) is 0 Å². The van der Waals surface area contributed by atoms with Gasteiger partial charge in [-0.1, -0.05) is 12.2 Å². The highest BCUT2D eigenvalue weighted by Gasteiger charge is 2.13. The molecule has 0 aliphatic heterocycles. The molecule has 10 heavy (non-hydrogen) atoms. The van der Waals surface area contributed by atoms with Gasteiger partial charge in [-0.05, 0) is 20.8 Å². The van der Waals surface area contributed by atoms with Crippen molar-refractivity contribution in [1.29, 1.82) is 0 Å². The van der Waals surface area contributed by atoms with Crippen molar-refractivity contribution in [3.63, 3.8) is 0 Å². The van der Waals surface area contributed by atoms with E-state index in [4.69, 9.17) is 5.11 Å². The van der Waals surface area contributed by atoms with Crippen LogP contribution in [-0.2, 0) is 0 Å². The van der Waals surface area contributed by atoms with Crippen molar-refractivity contribution in [2.75, 3.05) is 13.2 Å². The minimum atomic E-state index is -0.182. The van der Waals surface area contributed by atoms with E-state index in [2.05, 4.69) is 11.9 Å². The molecule has 60 valence electrons. The molecule has 2 N–H and O–H groups in total. The molecule has 0 aromatic carbocycles. The molecule has 0 saturated carbocycles. The highest BCUT2D eigenvalue weighted by atomic mass is 16.3. The molecular weight excluding hydrogens is 126 g/mol. The van der Waals surface area contributed by atoms with E-state index in [0.717, 1.165) is 12.1 Å². The van der Waals surface area contributed by atoms with Crippen molar-refractivity contribution in [2.45, 2.75) is 26.3 Å². The maximum absolute atomic E-state index is 8.81. The molecule has 2 heteroatoms. The van der Waals surface area contributed by atoms with Crippen LogP contribution in [0.3, 0.4) is 0 Å². The van der Waals surface area contributed by atoms with Crippen LogP contribution in [0.25, 0.3) is 0 Å². The van der Waals surface area contributed by atoms with Crippen LogP contribution in [0.4, 0.5) is 0 Å². The Labute approximate surface area is 62.9 Å². The summed E-state index contributed by atoms with van der Waals surface area (Å²) in [6.07, 6.45) is 0. The van der Waals surface area contributed by atoms with Crippen LogP contribution in [-0.4, -0.2) is 23.8 Å². The van der Waals surface area contributed by atoms with Gasteiger partial charge < -0.3 is 10.4 Å². The Morgan fingerprint density at radius 1 is 1.60 bits per heavy atom. The normalized spacial score (nSPS) is 11.6. The number of rotatable bonds is 4. The fourth-order valence-electron chi connectivity index (χ4n) is 0.446. The second-order valence-electron chi connectivity index (χ2n) is 3.35. The summed E-state index contributed by atoms with van der Waals surface area (Å²) in [5, 5.41) is 12.0. The number of hydrogen-bond donors (Lipinski definition) is 2. The van der Waals surface area contributed by atoms with Gasteiger partial charge in [0.05, 0.1) is 6.61 Å². The Morgan fingerprint density at radius 3 is 2.40 bits per heavy atom. The van der Waals surface area contributed by atoms with E-state index in [0.29, 0.717) is 0 Å². The van der Waals surface area contributed by atoms with Gasteiger partial charge in [-0.3, -0.25) is 0 Å². The van der Waals surface area contributed by atoms with E-state index in [1.807, 2.05) is 20.8 Å². The van der Waals surface area contributed by atoms with E-state index < -0.39 is 0 Å². The van der Waals surface area contributed by atoms with Gasteiger partial charge in [0.1, 0.15) is 0 Å². The Kier molecular flexibility index (Phi) is 3.61. The van der Waals surface area contributed by atoms with Gasteiger partial charge >= 0.3 is 0 Å². The minimum Gasteiger partial charge on any atom is -0.394 e. The second kappa shape index (κ2) is 3.74. The Bertz CT molecular complexity index is 118. The quantitative estimate of drug-likeness (QED) is 0.574. The molecular formula is C8H17NO. The zero-order chi connectivity index (χ0) is 8.20. The van der Waals surface area contributed by atoms with Gasteiger partial charge in [0.15, 0.2) is 0 Å². The molecule has 0 aromatic heterocycles. The van der Waals surface area contributed by atoms with E-state index in [9.17, 15) is 0 Å². The Hall–Kier alpha value is -0.340. The first-order valence-corrected chi connectivity index (χ1v) is 3.48. The van der Waals surface area contributed by atoms with Crippen LogP contribution in [0.5, 0.6) is 0 Å². The van der Waals surface area contributed by atoms with Gasteiger partial charge in [0.2, 0.25) is 0 Å². The van der Waals surface area contributed by atoms with E-state index in [1.54, 1.807) is 0 Å². The fourth-order valence-corrected chi connectivity index (χ4v) is 0.446. The zero-order valence-electron chi connectivity index (χ0n) is 7.07. The molecule has 0 saturated heterocycles. The molecule has 0 aliphatic rings. The first kappa shape index (κ1) is 9.66. The molecule has 0 aromatic rings. The van der Waals surface area contributed by atoms with Crippen molar-refractivity contribution in [3.05, 3.63) is 12.2 Å². The Morgan fingerprint density at radius 2 is 2.10 bits per heavy atom. The lowest BCUT2D eigenvalue weighted by atomic mass is 10.1. The standard InChI is InChI=1S/C8H17NO/c1-7(2)5-9-8(3,4)6-10/h9-10H,1,5-6H2,2-4H3. The molecule has 0 atom stereocenters. The molecule has 0 fully saturated rings. The van der Waals surface area contributed by atoms with Crippen molar-refractivity contribution in [3.8, 4) is 0 Å². The van der Waals surface area contributed by atoms with Crippen LogP contribution >= 0.6 is 0 Å². The largest absolute Gasteiger partial charge is 0.394 e. The smallest absolute Gasteiger partial charge is 0.0607 e. The summed E-state index contributed by atoms with van der Waals surface area (Å²) in [5.74, 6) is 0. The molecule has 0 rings (SSSR count). The number of aliphatic hydroxyl groups is 1. The predicted molar refractivity (Wildman–Crippen MR) is 44.0 cm³/mol. The van der Waals surface area contributed by atoms with Crippen LogP contribution in [0.1, 0.15) is 20.8 Å². The molecule has 0 radical (unpaired) electrons. The van der Waals surface area contributed by atoms with Crippen LogP contribution in [0.2, 0.25) is 0 Å². The summed E-state index contributed by atoms with van der Waals surface area (Å²) in [7, 11) is 0. The summed E-state index contributed by atoms with van der Waals surface area (Å²) in [4.78, 5) is 0. The lowest BCUT2D eigenvalue weighted by Gasteiger charge is -2.23. The third kappa shape index (κ3) is 4.53. The maximum atomic E-state index is 8.81. The first-order chi connectivity index (χ1) is 4.48. The monoisotopic (exact) mass is 143 g/mol. The van der Waals surface area contributed by atoms with E-state index >= 15 is 0 Å². The van der Waals surface area contributed by atoms with Crippen LogP contribution in [0.15, 0.2) is 12.2 Å². The number of aliphatic hydroxyl groups excluding tert-OH is 1. The third-order valence-electron chi connectivity index (χ3n) is 1.26. The molecule has 0 spiro atoms. The maximum Gasteiger partial charge on any atom is 0.0607 e. The molecule has 0 unspecified atom stereocenters. The van der Waals surface area contributed by atoms with Gasteiger partial charge in [-0.15, -0.1) is 0 Å². The Balaban J connectivity index is 3.56. The van der Waals surface area contributed by atoms with Gasteiger partial charge in [-0.2, -0.15) is 0 Å². The van der Waals surface area contributed by atoms with E-state index in [-0.39, 0.29) is 12.1 Å². The summed E-state index contributed by atoms with van der Waals surface area (Å²) < 4.78 is 0. The fraction of sp³-hybridized carbons (Fsp3) is 0.750. The third-order valence-corrected chi connectivity index (χ3v) is 1.26. The van der Waals surface area contributed by atoms with Gasteiger partial charge in [-0.25, -0.2) is 0 Å². The van der Waals surface area contributed by atoms with Crippen molar-refractivity contribution < 1.29 is 5.11 Å². The highest BCUT2D eigenvalue weighted by molar-refractivity contribution is 4.93. The molecule has 0 bridgehead atoms. The molecule has 0 aliphatic carbocycles. The molecule has 0 amide bonds. The minimum absolute atomic E-state index is 0.153. The summed E-state index contributed by atoms with van der Waals surface area (Å²) in [6.45, 7) is 10.5. The zero-order valence-corrected chi connectivity index (χ0v) is 7.07. The van der Waals surface area contributed by atoms with Crippen molar-refractivity contribution in [2.24, 2.45) is 0 Å². The van der Waals surface area contributed by atoms with Crippen LogP contribution < -0.4 is 5.32 Å². The SMILES string of the molecule is C=C(C)CNC(C)(C)CO.